The molecule has 0 fully saturated rings. The molecule has 0 saturated heterocycles. The van der Waals surface area contributed by atoms with E-state index >= 15 is 0 Å². The van der Waals surface area contributed by atoms with Gasteiger partial charge >= 0.3 is 6.09 Å². The van der Waals surface area contributed by atoms with E-state index < -0.39 is 6.09 Å². The Labute approximate surface area is 159 Å². The number of carbonyl (C=O) groups excluding carboxylic acids is 2. The van der Waals surface area contributed by atoms with Crippen molar-refractivity contribution in [3.8, 4) is 5.69 Å². The van der Waals surface area contributed by atoms with E-state index in [0.29, 0.717) is 21.4 Å². The third-order valence-corrected chi connectivity index (χ3v) is 4.15. The van der Waals surface area contributed by atoms with Gasteiger partial charge in [-0.2, -0.15) is 0 Å². The molecule has 0 bridgehead atoms. The number of furan rings is 1. The number of amides is 1. The third kappa shape index (κ3) is 4.76. The van der Waals surface area contributed by atoms with Crippen LogP contribution in [-0.4, -0.2) is 32.5 Å². The maximum absolute atomic E-state index is 12.0. The summed E-state index contributed by atoms with van der Waals surface area (Å²) in [6, 6.07) is 5.34. The molecule has 9 heteroatoms. The number of nitrogens with zero attached hydrogens (tertiary/aromatic N) is 3. The van der Waals surface area contributed by atoms with Crippen LogP contribution in [0.5, 0.6) is 0 Å². The lowest BCUT2D eigenvalue weighted by atomic mass is 10.2. The van der Waals surface area contributed by atoms with Crippen LogP contribution < -0.4 is 5.32 Å². The van der Waals surface area contributed by atoms with Gasteiger partial charge in [0.15, 0.2) is 10.9 Å². The Morgan fingerprint density at radius 2 is 2.04 bits per heavy atom. The fraction of sp³-hybridized carbons (Fsp3) is 0.222. The van der Waals surface area contributed by atoms with E-state index in [1.807, 2.05) is 24.5 Å². The first kappa shape index (κ1) is 18.7. The molecule has 8 nitrogen and oxygen atoms in total. The van der Waals surface area contributed by atoms with E-state index in [9.17, 15) is 9.59 Å². The number of anilines is 1. The van der Waals surface area contributed by atoms with Crippen LogP contribution in [0.4, 0.5) is 10.7 Å². The maximum Gasteiger partial charge on any atom is 0.414 e. The number of nitrogens with one attached hydrogen (secondary N) is 1. The highest BCUT2D eigenvalue weighted by Gasteiger charge is 2.15. The largest absolute Gasteiger partial charge is 0.447 e. The molecule has 0 unspecified atom stereocenters. The standard InChI is InChI=1S/C18H18N4O4S/c1-11(2)26-18(24)20-15-8-13(10-25-15)27-17-19-9-14(16(21-17)12(3)23)22-6-4-5-7-22/h4-11H,1-3H3,(H,20,24). The third-order valence-electron chi connectivity index (χ3n) is 3.32. The Bertz CT molecular complexity index is 950. The van der Waals surface area contributed by atoms with Crippen molar-refractivity contribution < 1.29 is 18.7 Å². The minimum absolute atomic E-state index is 0.158. The van der Waals surface area contributed by atoms with Crippen LogP contribution in [0.25, 0.3) is 5.69 Å². The topological polar surface area (TPSA) is 99.2 Å². The van der Waals surface area contributed by atoms with E-state index in [4.69, 9.17) is 9.15 Å². The van der Waals surface area contributed by atoms with Crippen molar-refractivity contribution in [2.24, 2.45) is 0 Å². The second kappa shape index (κ2) is 8.09. The Kier molecular flexibility index (Phi) is 5.60. The average Bonchev–Trinajstić information content (AvgIpc) is 3.26. The molecule has 0 saturated carbocycles. The van der Waals surface area contributed by atoms with Crippen LogP contribution in [-0.2, 0) is 4.74 Å². The summed E-state index contributed by atoms with van der Waals surface area (Å²) in [5.41, 5.74) is 0.939. The molecule has 140 valence electrons. The molecular weight excluding hydrogens is 368 g/mol. The van der Waals surface area contributed by atoms with Crippen molar-refractivity contribution in [1.82, 2.24) is 14.5 Å². The Hall–Kier alpha value is -3.07. The maximum atomic E-state index is 12.0. The summed E-state index contributed by atoms with van der Waals surface area (Å²) in [5, 5.41) is 2.89. The van der Waals surface area contributed by atoms with Gasteiger partial charge in [0.05, 0.1) is 22.9 Å². The summed E-state index contributed by atoms with van der Waals surface area (Å²) in [6.07, 6.45) is 5.88. The fourth-order valence-electron chi connectivity index (χ4n) is 2.24. The highest BCUT2D eigenvalue weighted by molar-refractivity contribution is 7.99. The van der Waals surface area contributed by atoms with Crippen molar-refractivity contribution in [1.29, 1.82) is 0 Å². The molecule has 0 aliphatic rings. The highest BCUT2D eigenvalue weighted by Crippen LogP contribution is 2.29. The molecule has 3 heterocycles. The number of ether oxygens (including phenoxy) is 1. The number of hydrogen-bond acceptors (Lipinski definition) is 7. The average molecular weight is 386 g/mol. The lowest BCUT2D eigenvalue weighted by Crippen LogP contribution is -2.17. The number of ketones is 1. The van der Waals surface area contributed by atoms with Crippen LogP contribution in [0.2, 0.25) is 0 Å². The van der Waals surface area contributed by atoms with Gasteiger partial charge in [-0.05, 0) is 37.7 Å². The molecule has 3 aromatic heterocycles. The molecule has 1 N–H and O–H groups in total. The molecule has 0 aliphatic heterocycles. The fourth-order valence-corrected chi connectivity index (χ4v) is 2.95. The number of rotatable bonds is 6. The molecule has 0 aliphatic carbocycles. The summed E-state index contributed by atoms with van der Waals surface area (Å²) in [4.78, 5) is 32.9. The first-order valence-electron chi connectivity index (χ1n) is 8.17. The van der Waals surface area contributed by atoms with E-state index in [1.54, 1.807) is 30.7 Å². The molecule has 0 aromatic carbocycles. The van der Waals surface area contributed by atoms with Gasteiger partial charge in [0.2, 0.25) is 5.88 Å². The number of hydrogen-bond donors (Lipinski definition) is 1. The van der Waals surface area contributed by atoms with Crippen LogP contribution in [0, 0.1) is 0 Å². The number of aromatic nitrogens is 3. The first-order valence-corrected chi connectivity index (χ1v) is 8.99. The predicted octanol–water partition coefficient (Wildman–Crippen LogP) is 4.17. The first-order chi connectivity index (χ1) is 12.9. The van der Waals surface area contributed by atoms with E-state index in [0.717, 1.165) is 0 Å². The van der Waals surface area contributed by atoms with E-state index in [1.165, 1.54) is 24.9 Å². The summed E-state index contributed by atoms with van der Waals surface area (Å²) in [6.45, 7) is 4.97. The summed E-state index contributed by atoms with van der Waals surface area (Å²) in [7, 11) is 0. The van der Waals surface area contributed by atoms with Crippen LogP contribution in [0.3, 0.4) is 0 Å². The van der Waals surface area contributed by atoms with Crippen molar-refractivity contribution in [2.45, 2.75) is 36.9 Å². The molecule has 27 heavy (non-hydrogen) atoms. The lowest BCUT2D eigenvalue weighted by molar-refractivity contribution is 0.101. The molecule has 3 rings (SSSR count). The zero-order valence-electron chi connectivity index (χ0n) is 15.0. The van der Waals surface area contributed by atoms with Crippen LogP contribution in [0.1, 0.15) is 31.3 Å². The van der Waals surface area contributed by atoms with Gasteiger partial charge < -0.3 is 13.7 Å². The van der Waals surface area contributed by atoms with E-state index in [-0.39, 0.29) is 17.8 Å². The molecular formula is C18H18N4O4S. The summed E-state index contributed by atoms with van der Waals surface area (Å²) in [5.74, 6) is 0.0906. The Morgan fingerprint density at radius 3 is 2.70 bits per heavy atom. The predicted molar refractivity (Wildman–Crippen MR) is 99.4 cm³/mol. The molecule has 3 aromatic rings. The van der Waals surface area contributed by atoms with Gasteiger partial charge in [0, 0.05) is 25.4 Å². The zero-order chi connectivity index (χ0) is 19.4. The van der Waals surface area contributed by atoms with Gasteiger partial charge in [-0.15, -0.1) is 0 Å². The molecule has 0 atom stereocenters. The SMILES string of the molecule is CC(=O)c1nc(Sc2coc(NC(=O)OC(C)C)c2)ncc1-n1cccc1. The minimum Gasteiger partial charge on any atom is -0.447 e. The highest BCUT2D eigenvalue weighted by atomic mass is 32.2. The van der Waals surface area contributed by atoms with Crippen molar-refractivity contribution in [3.63, 3.8) is 0 Å². The second-order valence-corrected chi connectivity index (χ2v) is 6.90. The van der Waals surface area contributed by atoms with Gasteiger partial charge in [-0.3, -0.25) is 10.1 Å². The summed E-state index contributed by atoms with van der Waals surface area (Å²) >= 11 is 1.22. The summed E-state index contributed by atoms with van der Waals surface area (Å²) < 4.78 is 12.1. The van der Waals surface area contributed by atoms with E-state index in [2.05, 4.69) is 15.3 Å². The van der Waals surface area contributed by atoms with Crippen molar-refractivity contribution >= 4 is 29.5 Å². The van der Waals surface area contributed by atoms with Gasteiger partial charge in [-0.1, -0.05) is 0 Å². The van der Waals surface area contributed by atoms with Gasteiger partial charge in [0.25, 0.3) is 0 Å². The second-order valence-electron chi connectivity index (χ2n) is 5.86. The lowest BCUT2D eigenvalue weighted by Gasteiger charge is -2.08. The number of carbonyl (C=O) groups is 2. The van der Waals surface area contributed by atoms with Gasteiger partial charge in [0.1, 0.15) is 12.0 Å². The van der Waals surface area contributed by atoms with Crippen LogP contribution in [0.15, 0.2) is 57.5 Å². The van der Waals surface area contributed by atoms with Crippen molar-refractivity contribution in [2.75, 3.05) is 5.32 Å². The Morgan fingerprint density at radius 1 is 1.30 bits per heavy atom. The molecule has 1 amide bonds. The smallest absolute Gasteiger partial charge is 0.414 e. The monoisotopic (exact) mass is 386 g/mol. The quantitative estimate of drug-likeness (QED) is 0.501. The number of Topliss-reactive ketones (excluding diaryl/α,β-unsaturated/α-hetero) is 1. The Balaban J connectivity index is 1.75. The molecule has 0 spiro atoms. The zero-order valence-corrected chi connectivity index (χ0v) is 15.8. The van der Waals surface area contributed by atoms with Crippen molar-refractivity contribution in [3.05, 3.63) is 48.7 Å². The van der Waals surface area contributed by atoms with Gasteiger partial charge in [-0.25, -0.2) is 14.8 Å². The minimum atomic E-state index is -0.595. The van der Waals surface area contributed by atoms with Crippen LogP contribution >= 0.6 is 11.8 Å². The normalized spacial score (nSPS) is 10.8. The molecule has 0 radical (unpaired) electrons.